The van der Waals surface area contributed by atoms with Crippen LogP contribution in [0.5, 0.6) is 5.75 Å². The Labute approximate surface area is 153 Å². The van der Waals surface area contributed by atoms with Crippen molar-refractivity contribution in [3.8, 4) is 5.75 Å². The SMILES string of the molecule is COc1ccccc1CNC(=O)COC(=O)c1ccc2c(c1)CCCC2. The maximum Gasteiger partial charge on any atom is 0.338 e. The zero-order valence-electron chi connectivity index (χ0n) is 14.9. The highest BCUT2D eigenvalue weighted by molar-refractivity contribution is 5.91. The molecule has 0 aliphatic heterocycles. The average molecular weight is 353 g/mol. The molecule has 5 heteroatoms. The standard InChI is InChI=1S/C21H23NO4/c1-25-19-9-5-4-8-18(19)13-22-20(23)14-26-21(24)17-11-10-15-6-2-3-7-16(15)12-17/h4-5,8-12H,2-3,6-7,13-14H2,1H3,(H,22,23). The van der Waals surface area contributed by atoms with Gasteiger partial charge < -0.3 is 14.8 Å². The van der Waals surface area contributed by atoms with E-state index in [2.05, 4.69) is 5.32 Å². The van der Waals surface area contributed by atoms with E-state index in [0.29, 0.717) is 17.9 Å². The molecule has 1 aliphatic carbocycles. The van der Waals surface area contributed by atoms with E-state index in [0.717, 1.165) is 24.8 Å². The minimum absolute atomic E-state index is 0.301. The van der Waals surface area contributed by atoms with Crippen LogP contribution >= 0.6 is 0 Å². The lowest BCUT2D eigenvalue weighted by molar-refractivity contribution is -0.124. The van der Waals surface area contributed by atoms with Crippen LogP contribution in [0, 0.1) is 0 Å². The summed E-state index contributed by atoms with van der Waals surface area (Å²) in [4.78, 5) is 24.1. The maximum absolute atomic E-state index is 12.2. The minimum atomic E-state index is -0.467. The molecule has 2 aromatic rings. The number of fused-ring (bicyclic) bond motifs is 1. The van der Waals surface area contributed by atoms with Crippen molar-refractivity contribution in [1.29, 1.82) is 0 Å². The summed E-state index contributed by atoms with van der Waals surface area (Å²) in [6.07, 6.45) is 4.41. The Morgan fingerprint density at radius 2 is 1.81 bits per heavy atom. The van der Waals surface area contributed by atoms with Gasteiger partial charge in [0.25, 0.3) is 5.91 Å². The number of benzene rings is 2. The summed E-state index contributed by atoms with van der Waals surface area (Å²) in [5.41, 5.74) is 3.89. The van der Waals surface area contributed by atoms with Gasteiger partial charge in [-0.15, -0.1) is 0 Å². The Balaban J connectivity index is 1.50. The van der Waals surface area contributed by atoms with E-state index < -0.39 is 5.97 Å². The molecule has 136 valence electrons. The lowest BCUT2D eigenvalue weighted by Gasteiger charge is -2.16. The minimum Gasteiger partial charge on any atom is -0.496 e. The Kier molecular flexibility index (Phi) is 5.89. The van der Waals surface area contributed by atoms with E-state index in [4.69, 9.17) is 9.47 Å². The van der Waals surface area contributed by atoms with Gasteiger partial charge in [0.15, 0.2) is 6.61 Å². The van der Waals surface area contributed by atoms with Crippen LogP contribution in [0.2, 0.25) is 0 Å². The van der Waals surface area contributed by atoms with Crippen LogP contribution in [0.25, 0.3) is 0 Å². The van der Waals surface area contributed by atoms with Crippen LogP contribution in [0.4, 0.5) is 0 Å². The molecule has 0 spiro atoms. The highest BCUT2D eigenvalue weighted by Crippen LogP contribution is 2.22. The number of para-hydroxylation sites is 1. The second kappa shape index (κ2) is 8.52. The highest BCUT2D eigenvalue weighted by Gasteiger charge is 2.15. The lowest BCUT2D eigenvalue weighted by atomic mass is 9.90. The van der Waals surface area contributed by atoms with Crippen molar-refractivity contribution >= 4 is 11.9 Å². The van der Waals surface area contributed by atoms with Crippen LogP contribution in [-0.4, -0.2) is 25.6 Å². The third-order valence-electron chi connectivity index (χ3n) is 4.59. The Hall–Kier alpha value is -2.82. The number of hydrogen-bond acceptors (Lipinski definition) is 4. The third-order valence-corrected chi connectivity index (χ3v) is 4.59. The van der Waals surface area contributed by atoms with Gasteiger partial charge in [0, 0.05) is 12.1 Å². The number of aryl methyl sites for hydroxylation is 2. The van der Waals surface area contributed by atoms with E-state index >= 15 is 0 Å². The number of esters is 1. The van der Waals surface area contributed by atoms with Crippen molar-refractivity contribution in [1.82, 2.24) is 5.32 Å². The first kappa shape index (κ1) is 18.0. The molecule has 1 N–H and O–H groups in total. The van der Waals surface area contributed by atoms with Crippen molar-refractivity contribution in [3.05, 3.63) is 64.7 Å². The number of carbonyl (C=O) groups excluding carboxylic acids is 2. The monoisotopic (exact) mass is 353 g/mol. The van der Waals surface area contributed by atoms with Crippen molar-refractivity contribution in [3.63, 3.8) is 0 Å². The molecule has 3 rings (SSSR count). The normalized spacial score (nSPS) is 12.8. The Bertz CT molecular complexity index is 800. The van der Waals surface area contributed by atoms with Gasteiger partial charge in [0.1, 0.15) is 5.75 Å². The predicted molar refractivity (Wildman–Crippen MR) is 98.2 cm³/mol. The molecule has 1 amide bonds. The molecule has 0 saturated heterocycles. The Morgan fingerprint density at radius 1 is 1.04 bits per heavy atom. The molecule has 0 saturated carbocycles. The molecule has 0 radical (unpaired) electrons. The fourth-order valence-electron chi connectivity index (χ4n) is 3.17. The second-order valence-electron chi connectivity index (χ2n) is 6.36. The van der Waals surface area contributed by atoms with Gasteiger partial charge in [-0.2, -0.15) is 0 Å². The maximum atomic E-state index is 12.2. The first-order chi connectivity index (χ1) is 12.7. The number of methoxy groups -OCH3 is 1. The molecule has 0 unspecified atom stereocenters. The van der Waals surface area contributed by atoms with Gasteiger partial charge in [-0.05, 0) is 55.0 Å². The molecule has 1 aliphatic rings. The van der Waals surface area contributed by atoms with Crippen LogP contribution < -0.4 is 10.1 Å². The molecule has 0 heterocycles. The zero-order chi connectivity index (χ0) is 18.4. The molecule has 0 fully saturated rings. The van der Waals surface area contributed by atoms with Gasteiger partial charge in [0.05, 0.1) is 12.7 Å². The molecule has 26 heavy (non-hydrogen) atoms. The quantitative estimate of drug-likeness (QED) is 0.811. The van der Waals surface area contributed by atoms with Crippen molar-refractivity contribution in [2.24, 2.45) is 0 Å². The third kappa shape index (κ3) is 4.42. The number of amides is 1. The van der Waals surface area contributed by atoms with E-state index in [1.165, 1.54) is 17.5 Å². The lowest BCUT2D eigenvalue weighted by Crippen LogP contribution is -2.28. The summed E-state index contributed by atoms with van der Waals surface area (Å²) >= 11 is 0. The van der Waals surface area contributed by atoms with Gasteiger partial charge >= 0.3 is 5.97 Å². The predicted octanol–water partition coefficient (Wildman–Crippen LogP) is 3.05. The Morgan fingerprint density at radius 3 is 2.62 bits per heavy atom. The number of rotatable bonds is 6. The van der Waals surface area contributed by atoms with Gasteiger partial charge in [0.2, 0.25) is 0 Å². The largest absolute Gasteiger partial charge is 0.496 e. The highest BCUT2D eigenvalue weighted by atomic mass is 16.5. The first-order valence-corrected chi connectivity index (χ1v) is 8.85. The van der Waals surface area contributed by atoms with Crippen molar-refractivity contribution < 1.29 is 19.1 Å². The van der Waals surface area contributed by atoms with E-state index in [1.807, 2.05) is 36.4 Å². The summed E-state index contributed by atoms with van der Waals surface area (Å²) < 4.78 is 10.4. The van der Waals surface area contributed by atoms with Crippen molar-refractivity contribution in [2.45, 2.75) is 32.2 Å². The van der Waals surface area contributed by atoms with Crippen LogP contribution in [0.1, 0.15) is 39.9 Å². The van der Waals surface area contributed by atoms with E-state index in [-0.39, 0.29) is 12.5 Å². The molecule has 0 atom stereocenters. The summed E-state index contributed by atoms with van der Waals surface area (Å²) in [5, 5.41) is 2.73. The molecular weight excluding hydrogens is 330 g/mol. The van der Waals surface area contributed by atoms with Crippen molar-refractivity contribution in [2.75, 3.05) is 13.7 Å². The number of carbonyl (C=O) groups is 2. The van der Waals surface area contributed by atoms with Crippen LogP contribution in [0.3, 0.4) is 0 Å². The van der Waals surface area contributed by atoms with Gasteiger partial charge in [-0.1, -0.05) is 24.3 Å². The van der Waals surface area contributed by atoms with Crippen LogP contribution in [0.15, 0.2) is 42.5 Å². The molecule has 0 aromatic heterocycles. The second-order valence-corrected chi connectivity index (χ2v) is 6.36. The fourth-order valence-corrected chi connectivity index (χ4v) is 3.17. The molecule has 2 aromatic carbocycles. The van der Waals surface area contributed by atoms with E-state index in [1.54, 1.807) is 13.2 Å². The summed E-state index contributed by atoms with van der Waals surface area (Å²) in [5.74, 6) is -0.105. The molecule has 0 bridgehead atoms. The fraction of sp³-hybridized carbons (Fsp3) is 0.333. The van der Waals surface area contributed by atoms with Crippen LogP contribution in [-0.2, 0) is 28.9 Å². The van der Waals surface area contributed by atoms with Gasteiger partial charge in [-0.25, -0.2) is 4.79 Å². The molecule has 5 nitrogen and oxygen atoms in total. The zero-order valence-corrected chi connectivity index (χ0v) is 14.9. The summed E-state index contributed by atoms with van der Waals surface area (Å²) in [6, 6.07) is 13.1. The number of hydrogen-bond donors (Lipinski definition) is 1. The topological polar surface area (TPSA) is 64.6 Å². The number of ether oxygens (including phenoxy) is 2. The summed E-state index contributed by atoms with van der Waals surface area (Å²) in [7, 11) is 1.58. The molecular formula is C21H23NO4. The smallest absolute Gasteiger partial charge is 0.338 e. The van der Waals surface area contributed by atoms with Gasteiger partial charge in [-0.3, -0.25) is 4.79 Å². The summed E-state index contributed by atoms with van der Waals surface area (Å²) in [6.45, 7) is 0.0182. The number of nitrogens with one attached hydrogen (secondary N) is 1. The average Bonchev–Trinajstić information content (AvgIpc) is 2.70. The first-order valence-electron chi connectivity index (χ1n) is 8.85. The van der Waals surface area contributed by atoms with E-state index in [9.17, 15) is 9.59 Å².